The van der Waals surface area contributed by atoms with Gasteiger partial charge in [0.15, 0.2) is 5.82 Å². The molecule has 0 atom stereocenters. The number of aromatic nitrogens is 5. The van der Waals surface area contributed by atoms with Crippen LogP contribution in [0, 0.1) is 0 Å². The molecule has 2 aromatic carbocycles. The molecule has 106 valence electrons. The standard InChI is InChI=1S/C16H11N5O/c22-16-12-8-4-5-9-13(12)17-15(18-16)14-10-21(20-19-14)11-6-2-1-3-7-11/h1-10H,(H,17,18,22). The second kappa shape index (κ2) is 4.92. The van der Waals surface area contributed by atoms with Gasteiger partial charge in [0.2, 0.25) is 0 Å². The van der Waals surface area contributed by atoms with Crippen molar-refractivity contribution in [1.29, 1.82) is 0 Å². The number of hydrogen-bond acceptors (Lipinski definition) is 4. The summed E-state index contributed by atoms with van der Waals surface area (Å²) in [5, 5.41) is 8.73. The molecule has 0 aliphatic heterocycles. The first-order chi connectivity index (χ1) is 10.8. The largest absolute Gasteiger partial charge is 0.305 e. The average Bonchev–Trinajstić information content (AvgIpc) is 3.06. The van der Waals surface area contributed by atoms with E-state index >= 15 is 0 Å². The first kappa shape index (κ1) is 12.5. The van der Waals surface area contributed by atoms with Gasteiger partial charge in [0.05, 0.1) is 22.8 Å². The fraction of sp³-hybridized carbons (Fsp3) is 0. The fourth-order valence-corrected chi connectivity index (χ4v) is 2.29. The van der Waals surface area contributed by atoms with Crippen molar-refractivity contribution in [1.82, 2.24) is 25.0 Å². The number of hydrogen-bond donors (Lipinski definition) is 1. The van der Waals surface area contributed by atoms with Gasteiger partial charge in [0.25, 0.3) is 5.56 Å². The van der Waals surface area contributed by atoms with E-state index in [1.165, 1.54) is 0 Å². The fourth-order valence-electron chi connectivity index (χ4n) is 2.29. The van der Waals surface area contributed by atoms with Crippen LogP contribution in [0.15, 0.2) is 65.6 Å². The molecule has 0 saturated heterocycles. The molecule has 6 heteroatoms. The minimum atomic E-state index is -0.185. The number of nitrogens with zero attached hydrogens (tertiary/aromatic N) is 4. The van der Waals surface area contributed by atoms with Crippen LogP contribution in [0.4, 0.5) is 0 Å². The van der Waals surface area contributed by atoms with E-state index in [4.69, 9.17) is 0 Å². The molecule has 4 aromatic rings. The number of benzene rings is 2. The minimum absolute atomic E-state index is 0.185. The lowest BCUT2D eigenvalue weighted by atomic mass is 10.2. The summed E-state index contributed by atoms with van der Waals surface area (Å²) in [6.07, 6.45) is 1.74. The highest BCUT2D eigenvalue weighted by atomic mass is 16.1. The zero-order chi connectivity index (χ0) is 14.9. The van der Waals surface area contributed by atoms with E-state index in [1.807, 2.05) is 42.5 Å². The van der Waals surface area contributed by atoms with Crippen molar-refractivity contribution in [2.45, 2.75) is 0 Å². The van der Waals surface area contributed by atoms with Gasteiger partial charge in [0.1, 0.15) is 5.69 Å². The van der Waals surface area contributed by atoms with Crippen LogP contribution in [0.25, 0.3) is 28.1 Å². The first-order valence-corrected chi connectivity index (χ1v) is 6.78. The Morgan fingerprint density at radius 2 is 1.73 bits per heavy atom. The summed E-state index contributed by atoms with van der Waals surface area (Å²) >= 11 is 0. The Morgan fingerprint density at radius 3 is 2.59 bits per heavy atom. The second-order valence-electron chi connectivity index (χ2n) is 4.82. The van der Waals surface area contributed by atoms with Crippen molar-refractivity contribution in [3.05, 3.63) is 71.1 Å². The number of rotatable bonds is 2. The summed E-state index contributed by atoms with van der Waals surface area (Å²) in [6, 6.07) is 16.8. The van der Waals surface area contributed by atoms with Crippen LogP contribution in [0.1, 0.15) is 0 Å². The highest BCUT2D eigenvalue weighted by Crippen LogP contribution is 2.15. The third kappa shape index (κ3) is 2.07. The summed E-state index contributed by atoms with van der Waals surface area (Å²) in [5.41, 5.74) is 1.86. The molecule has 1 N–H and O–H groups in total. The summed E-state index contributed by atoms with van der Waals surface area (Å²) < 4.78 is 1.64. The third-order valence-electron chi connectivity index (χ3n) is 3.37. The van der Waals surface area contributed by atoms with Gasteiger partial charge >= 0.3 is 0 Å². The zero-order valence-electron chi connectivity index (χ0n) is 11.5. The minimum Gasteiger partial charge on any atom is -0.305 e. The summed E-state index contributed by atoms with van der Waals surface area (Å²) in [5.74, 6) is 0.408. The van der Waals surface area contributed by atoms with Crippen molar-refractivity contribution in [3.63, 3.8) is 0 Å². The van der Waals surface area contributed by atoms with Crippen LogP contribution in [0.3, 0.4) is 0 Å². The van der Waals surface area contributed by atoms with Crippen LogP contribution in [0.5, 0.6) is 0 Å². The molecule has 0 aliphatic carbocycles. The van der Waals surface area contributed by atoms with Crippen molar-refractivity contribution < 1.29 is 0 Å². The Hall–Kier alpha value is -3.28. The van der Waals surface area contributed by atoms with Gasteiger partial charge < -0.3 is 4.98 Å². The summed E-state index contributed by atoms with van der Waals surface area (Å²) in [4.78, 5) is 19.3. The molecule has 0 saturated carbocycles. The van der Waals surface area contributed by atoms with Gasteiger partial charge in [-0.15, -0.1) is 5.10 Å². The van der Waals surface area contributed by atoms with E-state index < -0.39 is 0 Å². The Kier molecular flexibility index (Phi) is 2.79. The zero-order valence-corrected chi connectivity index (χ0v) is 11.5. The maximum atomic E-state index is 12.1. The number of aromatic amines is 1. The predicted molar refractivity (Wildman–Crippen MR) is 82.7 cm³/mol. The molecule has 2 heterocycles. The monoisotopic (exact) mass is 289 g/mol. The quantitative estimate of drug-likeness (QED) is 0.613. The van der Waals surface area contributed by atoms with Crippen LogP contribution < -0.4 is 5.56 Å². The molecule has 0 unspecified atom stereocenters. The maximum Gasteiger partial charge on any atom is 0.259 e. The van der Waals surface area contributed by atoms with Gasteiger partial charge in [-0.25, -0.2) is 9.67 Å². The Labute approximate surface area is 125 Å². The summed E-state index contributed by atoms with van der Waals surface area (Å²) in [7, 11) is 0. The Bertz CT molecular complexity index is 1000. The molecule has 0 bridgehead atoms. The molecule has 0 fully saturated rings. The van der Waals surface area contributed by atoms with Crippen LogP contribution in [-0.2, 0) is 0 Å². The topological polar surface area (TPSA) is 76.5 Å². The van der Waals surface area contributed by atoms with Crippen LogP contribution in [-0.4, -0.2) is 25.0 Å². The SMILES string of the molecule is O=c1[nH]c(-c2cn(-c3ccccc3)nn2)nc2ccccc12. The van der Waals surface area contributed by atoms with E-state index in [-0.39, 0.29) is 5.56 Å². The lowest BCUT2D eigenvalue weighted by molar-refractivity contribution is 0.803. The molecular formula is C16H11N5O. The van der Waals surface area contributed by atoms with E-state index in [9.17, 15) is 4.79 Å². The molecule has 6 nitrogen and oxygen atoms in total. The Morgan fingerprint density at radius 1 is 0.955 bits per heavy atom. The van der Waals surface area contributed by atoms with Gasteiger partial charge in [-0.1, -0.05) is 35.5 Å². The molecular weight excluding hydrogens is 278 g/mol. The van der Waals surface area contributed by atoms with E-state index in [0.717, 1.165) is 5.69 Å². The lowest BCUT2D eigenvalue weighted by Gasteiger charge is -1.99. The highest BCUT2D eigenvalue weighted by Gasteiger charge is 2.10. The van der Waals surface area contributed by atoms with E-state index in [0.29, 0.717) is 22.4 Å². The van der Waals surface area contributed by atoms with Crippen molar-refractivity contribution in [3.8, 4) is 17.2 Å². The van der Waals surface area contributed by atoms with Crippen LogP contribution >= 0.6 is 0 Å². The number of fused-ring (bicyclic) bond motifs is 1. The van der Waals surface area contributed by atoms with Gasteiger partial charge in [-0.05, 0) is 24.3 Å². The van der Waals surface area contributed by atoms with Gasteiger partial charge in [-0.2, -0.15) is 0 Å². The molecule has 0 amide bonds. The third-order valence-corrected chi connectivity index (χ3v) is 3.37. The summed E-state index contributed by atoms with van der Waals surface area (Å²) in [6.45, 7) is 0. The van der Waals surface area contributed by atoms with Crippen molar-refractivity contribution in [2.75, 3.05) is 0 Å². The van der Waals surface area contributed by atoms with E-state index in [2.05, 4.69) is 20.3 Å². The predicted octanol–water partition coefficient (Wildman–Crippen LogP) is 2.17. The lowest BCUT2D eigenvalue weighted by Crippen LogP contribution is -2.09. The molecule has 0 aliphatic rings. The van der Waals surface area contributed by atoms with E-state index in [1.54, 1.807) is 23.0 Å². The van der Waals surface area contributed by atoms with Crippen LogP contribution in [0.2, 0.25) is 0 Å². The van der Waals surface area contributed by atoms with Gasteiger partial charge in [-0.3, -0.25) is 4.79 Å². The number of para-hydroxylation sites is 2. The molecule has 22 heavy (non-hydrogen) atoms. The molecule has 2 aromatic heterocycles. The highest BCUT2D eigenvalue weighted by molar-refractivity contribution is 5.78. The molecule has 0 spiro atoms. The average molecular weight is 289 g/mol. The number of H-pyrrole nitrogens is 1. The smallest absolute Gasteiger partial charge is 0.259 e. The van der Waals surface area contributed by atoms with Gasteiger partial charge in [0, 0.05) is 0 Å². The van der Waals surface area contributed by atoms with Crippen molar-refractivity contribution >= 4 is 10.9 Å². The Balaban J connectivity index is 1.83. The van der Waals surface area contributed by atoms with Crippen molar-refractivity contribution in [2.24, 2.45) is 0 Å². The second-order valence-corrected chi connectivity index (χ2v) is 4.82. The first-order valence-electron chi connectivity index (χ1n) is 6.78. The maximum absolute atomic E-state index is 12.1. The molecule has 0 radical (unpaired) electrons. The molecule has 4 rings (SSSR count). The normalized spacial score (nSPS) is 10.9. The number of nitrogens with one attached hydrogen (secondary N) is 1.